The van der Waals surface area contributed by atoms with Crippen LogP contribution in [0.15, 0.2) is 28.8 Å². The molecule has 1 amide bonds. The van der Waals surface area contributed by atoms with Crippen molar-refractivity contribution < 1.29 is 23.2 Å². The highest BCUT2D eigenvalue weighted by atomic mass is 19.1. The monoisotopic (exact) mass is 380 g/mol. The number of hydrogen-bond donors (Lipinski definition) is 2. The van der Waals surface area contributed by atoms with Crippen molar-refractivity contribution in [1.29, 1.82) is 0 Å². The summed E-state index contributed by atoms with van der Waals surface area (Å²) in [5.41, 5.74) is -0.304. The van der Waals surface area contributed by atoms with E-state index in [0.717, 1.165) is 12.1 Å². The summed E-state index contributed by atoms with van der Waals surface area (Å²) in [7, 11) is 0. The van der Waals surface area contributed by atoms with E-state index in [1.807, 2.05) is 9.80 Å². The van der Waals surface area contributed by atoms with Gasteiger partial charge in [-0.25, -0.2) is 8.78 Å². The van der Waals surface area contributed by atoms with Gasteiger partial charge in [0, 0.05) is 38.8 Å². The van der Waals surface area contributed by atoms with Gasteiger partial charge in [-0.3, -0.25) is 14.6 Å². The normalized spacial score (nSPS) is 17.0. The molecule has 0 spiro atoms. The third-order valence-electron chi connectivity index (χ3n) is 4.49. The number of rotatable bonds is 6. The van der Waals surface area contributed by atoms with Crippen LogP contribution in [0.25, 0.3) is 0 Å². The Morgan fingerprint density at radius 3 is 2.48 bits per heavy atom. The molecule has 1 atom stereocenters. The molecule has 1 saturated heterocycles. The summed E-state index contributed by atoms with van der Waals surface area (Å²) >= 11 is 0. The summed E-state index contributed by atoms with van der Waals surface area (Å²) in [4.78, 5) is 15.9. The summed E-state index contributed by atoms with van der Waals surface area (Å²) in [5.74, 6) is -0.693. The molecule has 146 valence electrons. The number of anilines is 1. The van der Waals surface area contributed by atoms with Gasteiger partial charge in [-0.1, -0.05) is 11.2 Å². The van der Waals surface area contributed by atoms with Crippen LogP contribution < -0.4 is 5.32 Å². The zero-order valence-corrected chi connectivity index (χ0v) is 15.0. The maximum atomic E-state index is 13.8. The van der Waals surface area contributed by atoms with Gasteiger partial charge in [0.2, 0.25) is 5.91 Å². The predicted octanol–water partition coefficient (Wildman–Crippen LogP) is 1.55. The van der Waals surface area contributed by atoms with Crippen LogP contribution >= 0.6 is 0 Å². The quantitative estimate of drug-likeness (QED) is 0.792. The smallest absolute Gasteiger partial charge is 0.239 e. The molecule has 27 heavy (non-hydrogen) atoms. The Kier molecular flexibility index (Phi) is 6.15. The van der Waals surface area contributed by atoms with Crippen molar-refractivity contribution in [2.24, 2.45) is 0 Å². The number of benzene rings is 1. The number of hydrogen-bond acceptors (Lipinski definition) is 6. The summed E-state index contributed by atoms with van der Waals surface area (Å²) < 4.78 is 32.4. The van der Waals surface area contributed by atoms with E-state index in [1.165, 1.54) is 6.07 Å². The van der Waals surface area contributed by atoms with Crippen LogP contribution in [0.4, 0.5) is 14.6 Å². The molecule has 0 saturated carbocycles. The number of aryl methyl sites for hydroxylation is 1. The first-order valence-corrected chi connectivity index (χ1v) is 8.72. The van der Waals surface area contributed by atoms with Crippen molar-refractivity contribution >= 4 is 11.7 Å². The Labute approximate surface area is 155 Å². The zero-order chi connectivity index (χ0) is 19.4. The molecule has 9 heteroatoms. The molecule has 2 N–H and O–H groups in total. The first-order valence-electron chi connectivity index (χ1n) is 8.72. The number of nitrogens with zero attached hydrogens (tertiary/aromatic N) is 3. The highest BCUT2D eigenvalue weighted by Gasteiger charge is 2.24. The first kappa shape index (κ1) is 19.4. The highest BCUT2D eigenvalue weighted by molar-refractivity contribution is 5.91. The van der Waals surface area contributed by atoms with E-state index in [1.54, 1.807) is 13.0 Å². The average Bonchev–Trinajstić information content (AvgIpc) is 3.01. The molecule has 1 aromatic heterocycles. The molecule has 2 heterocycles. The number of β-amino-alcohol motifs (C(OH)–C–C–N with tert-alkyl or cyclic N) is 1. The number of halogens is 2. The lowest BCUT2D eigenvalue weighted by Crippen LogP contribution is -2.49. The molecule has 1 unspecified atom stereocenters. The van der Waals surface area contributed by atoms with Crippen molar-refractivity contribution in [3.05, 3.63) is 47.2 Å². The minimum Gasteiger partial charge on any atom is -0.387 e. The fraction of sp³-hybridized carbons (Fsp3) is 0.444. The summed E-state index contributed by atoms with van der Waals surface area (Å²) in [6.45, 7) is 4.48. The molecule has 7 nitrogen and oxygen atoms in total. The van der Waals surface area contributed by atoms with E-state index in [2.05, 4.69) is 10.5 Å². The largest absolute Gasteiger partial charge is 0.387 e. The summed E-state index contributed by atoms with van der Waals surface area (Å²) in [6, 6.07) is 5.17. The molecule has 3 rings (SSSR count). The van der Waals surface area contributed by atoms with Gasteiger partial charge >= 0.3 is 0 Å². The van der Waals surface area contributed by atoms with E-state index < -0.39 is 17.7 Å². The number of carbonyl (C=O) groups is 1. The Morgan fingerprint density at radius 2 is 1.89 bits per heavy atom. The number of nitrogens with one attached hydrogen (secondary N) is 1. The van der Waals surface area contributed by atoms with Crippen LogP contribution in [0.1, 0.15) is 17.4 Å². The van der Waals surface area contributed by atoms with Crippen molar-refractivity contribution in [3.63, 3.8) is 0 Å². The van der Waals surface area contributed by atoms with Crippen LogP contribution in [0.3, 0.4) is 0 Å². The zero-order valence-electron chi connectivity index (χ0n) is 15.0. The van der Waals surface area contributed by atoms with E-state index in [4.69, 9.17) is 4.52 Å². The van der Waals surface area contributed by atoms with Gasteiger partial charge in [0.1, 0.15) is 17.4 Å². The van der Waals surface area contributed by atoms with Crippen LogP contribution in [0, 0.1) is 18.6 Å². The molecule has 0 aliphatic carbocycles. The molecule has 1 aromatic carbocycles. The SMILES string of the molecule is Cc1cc(NC(=O)CN2CCN(CC(O)c3c(F)cccc3F)CC2)no1. The second kappa shape index (κ2) is 8.55. The first-order chi connectivity index (χ1) is 12.9. The van der Waals surface area contributed by atoms with Gasteiger partial charge < -0.3 is 14.9 Å². The molecular weight excluding hydrogens is 358 g/mol. The average molecular weight is 380 g/mol. The van der Waals surface area contributed by atoms with Gasteiger partial charge in [0.15, 0.2) is 5.82 Å². The lowest BCUT2D eigenvalue weighted by atomic mass is 10.1. The Morgan fingerprint density at radius 1 is 1.26 bits per heavy atom. The maximum absolute atomic E-state index is 13.8. The number of carbonyl (C=O) groups excluding carboxylic acids is 1. The molecule has 1 aliphatic rings. The maximum Gasteiger partial charge on any atom is 0.239 e. The van der Waals surface area contributed by atoms with Crippen LogP contribution in [-0.4, -0.2) is 65.2 Å². The lowest BCUT2D eigenvalue weighted by molar-refractivity contribution is -0.117. The highest BCUT2D eigenvalue weighted by Crippen LogP contribution is 2.22. The fourth-order valence-electron chi connectivity index (χ4n) is 3.11. The second-order valence-corrected chi connectivity index (χ2v) is 6.60. The van der Waals surface area contributed by atoms with Crippen LogP contribution in [-0.2, 0) is 4.79 Å². The van der Waals surface area contributed by atoms with Crippen molar-refractivity contribution in [1.82, 2.24) is 15.0 Å². The summed E-state index contributed by atoms with van der Waals surface area (Å²) in [5, 5.41) is 16.6. The third kappa shape index (κ3) is 5.09. The number of aliphatic hydroxyl groups is 1. The number of amides is 1. The van der Waals surface area contributed by atoms with Gasteiger partial charge in [0.25, 0.3) is 0 Å². The minimum absolute atomic E-state index is 0.135. The van der Waals surface area contributed by atoms with Crippen molar-refractivity contribution in [2.75, 3.05) is 44.6 Å². The van der Waals surface area contributed by atoms with Crippen molar-refractivity contribution in [2.45, 2.75) is 13.0 Å². The van der Waals surface area contributed by atoms with E-state index in [0.29, 0.717) is 37.8 Å². The standard InChI is InChI=1S/C18H22F2N4O3/c1-12-9-16(22-27-12)21-17(26)11-24-7-5-23(6-8-24)10-15(25)18-13(19)3-2-4-14(18)20/h2-4,9,15,25H,5-8,10-11H2,1H3,(H,21,22,26). The minimum atomic E-state index is -1.24. The Balaban J connectivity index is 1.45. The van der Waals surface area contributed by atoms with E-state index in [9.17, 15) is 18.7 Å². The lowest BCUT2D eigenvalue weighted by Gasteiger charge is -2.35. The van der Waals surface area contributed by atoms with E-state index >= 15 is 0 Å². The number of aromatic nitrogens is 1. The predicted molar refractivity (Wildman–Crippen MR) is 94.1 cm³/mol. The van der Waals surface area contributed by atoms with Crippen LogP contribution in [0.5, 0.6) is 0 Å². The molecule has 2 aromatic rings. The second-order valence-electron chi connectivity index (χ2n) is 6.60. The third-order valence-corrected chi connectivity index (χ3v) is 4.49. The molecule has 1 fully saturated rings. The van der Waals surface area contributed by atoms with Gasteiger partial charge in [-0.15, -0.1) is 0 Å². The Hall–Kier alpha value is -2.36. The molecule has 0 radical (unpaired) electrons. The van der Waals surface area contributed by atoms with Gasteiger partial charge in [-0.2, -0.15) is 0 Å². The molecule has 1 aliphatic heterocycles. The molecule has 0 bridgehead atoms. The summed E-state index contributed by atoms with van der Waals surface area (Å²) in [6.07, 6.45) is -1.24. The Bertz CT molecular complexity index is 770. The van der Waals surface area contributed by atoms with Gasteiger partial charge in [0.05, 0.1) is 18.2 Å². The van der Waals surface area contributed by atoms with Gasteiger partial charge in [-0.05, 0) is 19.1 Å². The topological polar surface area (TPSA) is 81.8 Å². The molecular formula is C18H22F2N4O3. The van der Waals surface area contributed by atoms with Crippen molar-refractivity contribution in [3.8, 4) is 0 Å². The van der Waals surface area contributed by atoms with Crippen LogP contribution in [0.2, 0.25) is 0 Å². The van der Waals surface area contributed by atoms with E-state index in [-0.39, 0.29) is 24.6 Å². The number of aliphatic hydroxyl groups excluding tert-OH is 1. The number of piperazine rings is 1. The fourth-order valence-corrected chi connectivity index (χ4v) is 3.11.